The Morgan fingerprint density at radius 1 is 1.03 bits per heavy atom. The molecule has 172 valence electrons. The van der Waals surface area contributed by atoms with E-state index in [1.54, 1.807) is 36.5 Å². The topological polar surface area (TPSA) is 201 Å². The second-order valence-corrected chi connectivity index (χ2v) is 7.22. The van der Waals surface area contributed by atoms with Crippen LogP contribution in [0.25, 0.3) is 11.0 Å². The van der Waals surface area contributed by atoms with Gasteiger partial charge in [-0.3, -0.25) is 9.59 Å². The van der Waals surface area contributed by atoms with E-state index in [2.05, 4.69) is 25.6 Å². The molecule has 0 radical (unpaired) electrons. The molecule has 0 bridgehead atoms. The highest BCUT2D eigenvalue weighted by Crippen LogP contribution is 2.21. The molecule has 0 saturated heterocycles. The minimum absolute atomic E-state index is 0.0609. The first-order chi connectivity index (χ1) is 15.7. The molecule has 2 aromatic heterocycles. The molecule has 3 rings (SSSR count). The molecule has 0 saturated carbocycles. The minimum Gasteiger partial charge on any atom is -0.493 e. The van der Waals surface area contributed by atoms with Crippen LogP contribution in [0.4, 0.5) is 5.95 Å². The smallest absolute Gasteiger partial charge is 0.326 e. The van der Waals surface area contributed by atoms with Crippen LogP contribution in [0.2, 0.25) is 0 Å². The maximum Gasteiger partial charge on any atom is 0.326 e. The molecule has 33 heavy (non-hydrogen) atoms. The van der Waals surface area contributed by atoms with E-state index in [0.717, 1.165) is 11.1 Å². The van der Waals surface area contributed by atoms with Crippen LogP contribution in [0.3, 0.4) is 0 Å². The van der Waals surface area contributed by atoms with Crippen molar-refractivity contribution in [2.24, 2.45) is 0 Å². The maximum absolute atomic E-state index is 12.3. The average molecular weight is 454 g/mol. The number of hydrogen-bond acceptors (Lipinski definition) is 9. The Balaban J connectivity index is 1.55. The Hall–Kier alpha value is -4.32. The molecule has 3 aromatic rings. The summed E-state index contributed by atoms with van der Waals surface area (Å²) < 4.78 is 0. The van der Waals surface area contributed by atoms with E-state index < -0.39 is 23.9 Å². The van der Waals surface area contributed by atoms with Crippen LogP contribution in [0.5, 0.6) is 5.88 Å². The number of nitrogens with zero attached hydrogens (tertiary/aromatic N) is 3. The van der Waals surface area contributed by atoms with Gasteiger partial charge in [-0.05, 0) is 35.7 Å². The van der Waals surface area contributed by atoms with Crippen LogP contribution in [0.15, 0.2) is 36.5 Å². The van der Waals surface area contributed by atoms with Gasteiger partial charge in [0.25, 0.3) is 5.91 Å². The molecule has 12 heteroatoms. The number of benzene rings is 1. The van der Waals surface area contributed by atoms with Gasteiger partial charge in [0.2, 0.25) is 11.8 Å². The molecule has 0 fully saturated rings. The number of aromatic hydroxyl groups is 1. The predicted octanol–water partition coefficient (Wildman–Crippen LogP) is 0.650. The second kappa shape index (κ2) is 10.3. The van der Waals surface area contributed by atoms with Gasteiger partial charge in [-0.1, -0.05) is 12.1 Å². The predicted molar refractivity (Wildman–Crippen MR) is 116 cm³/mol. The standard InChI is InChI=1S/C21H22N6O6/c22-21-26-17-14(19(31)27-21)7-12(10-24-17)9-23-8-11-1-3-13(4-2-11)18(30)25-15(20(32)33)5-6-16(28)29/h1-4,7,10,15,23H,5-6,8-9H2,(H,25,30)(H,28,29)(H,32,33)(H3,22,24,26,27,31)/t15-/m0/s1. The van der Waals surface area contributed by atoms with Crippen molar-refractivity contribution in [3.8, 4) is 5.88 Å². The summed E-state index contributed by atoms with van der Waals surface area (Å²) in [6.07, 6.45) is 1.03. The number of amides is 1. The van der Waals surface area contributed by atoms with Crippen LogP contribution in [-0.4, -0.2) is 54.2 Å². The third kappa shape index (κ3) is 6.33. The number of carbonyl (C=O) groups is 3. The zero-order valence-corrected chi connectivity index (χ0v) is 17.4. The van der Waals surface area contributed by atoms with Crippen molar-refractivity contribution in [3.63, 3.8) is 0 Å². The summed E-state index contributed by atoms with van der Waals surface area (Å²) in [7, 11) is 0. The van der Waals surface area contributed by atoms with E-state index >= 15 is 0 Å². The first-order valence-electron chi connectivity index (χ1n) is 9.89. The third-order valence-electron chi connectivity index (χ3n) is 4.73. The molecule has 12 nitrogen and oxygen atoms in total. The van der Waals surface area contributed by atoms with Gasteiger partial charge in [0.05, 0.1) is 5.39 Å². The fourth-order valence-corrected chi connectivity index (χ4v) is 3.05. The number of fused-ring (bicyclic) bond motifs is 1. The molecule has 1 aromatic carbocycles. The summed E-state index contributed by atoms with van der Waals surface area (Å²) in [4.78, 5) is 46.0. The normalized spacial score (nSPS) is 11.8. The Bertz CT molecular complexity index is 1180. The van der Waals surface area contributed by atoms with Crippen molar-refractivity contribution in [3.05, 3.63) is 53.2 Å². The highest BCUT2D eigenvalue weighted by molar-refractivity contribution is 5.96. The van der Waals surface area contributed by atoms with Crippen molar-refractivity contribution in [2.45, 2.75) is 32.0 Å². The number of aliphatic carboxylic acids is 2. The number of aromatic nitrogens is 3. The zero-order valence-electron chi connectivity index (χ0n) is 17.4. The van der Waals surface area contributed by atoms with Crippen molar-refractivity contribution in [2.75, 3.05) is 5.73 Å². The van der Waals surface area contributed by atoms with Crippen LogP contribution in [0, 0.1) is 0 Å². The molecular formula is C21H22N6O6. The van der Waals surface area contributed by atoms with Crippen molar-refractivity contribution in [1.29, 1.82) is 0 Å². The summed E-state index contributed by atoms with van der Waals surface area (Å²) in [5.41, 5.74) is 7.72. The highest BCUT2D eigenvalue weighted by atomic mass is 16.4. The molecule has 0 unspecified atom stereocenters. The number of anilines is 1. The van der Waals surface area contributed by atoms with E-state index in [9.17, 15) is 19.5 Å². The average Bonchev–Trinajstić information content (AvgIpc) is 2.77. The van der Waals surface area contributed by atoms with E-state index in [1.165, 1.54) is 0 Å². The first kappa shape index (κ1) is 23.3. The number of hydrogen-bond donors (Lipinski definition) is 6. The van der Waals surface area contributed by atoms with Crippen LogP contribution >= 0.6 is 0 Å². The van der Waals surface area contributed by atoms with Crippen LogP contribution in [0.1, 0.15) is 34.3 Å². The van der Waals surface area contributed by atoms with Crippen molar-refractivity contribution < 1.29 is 29.7 Å². The Morgan fingerprint density at radius 3 is 2.39 bits per heavy atom. The van der Waals surface area contributed by atoms with Gasteiger partial charge in [-0.25, -0.2) is 9.78 Å². The number of nitrogen functional groups attached to an aromatic ring is 1. The number of carboxylic acids is 2. The molecule has 0 spiro atoms. The monoisotopic (exact) mass is 454 g/mol. The highest BCUT2D eigenvalue weighted by Gasteiger charge is 2.21. The van der Waals surface area contributed by atoms with Crippen molar-refractivity contribution >= 4 is 34.8 Å². The maximum atomic E-state index is 12.3. The number of rotatable bonds is 10. The lowest BCUT2D eigenvalue weighted by Crippen LogP contribution is -2.41. The van der Waals surface area contributed by atoms with Gasteiger partial charge in [0, 0.05) is 31.3 Å². The van der Waals surface area contributed by atoms with Gasteiger partial charge in [0.1, 0.15) is 6.04 Å². The number of carbonyl (C=O) groups excluding carboxylic acids is 1. The summed E-state index contributed by atoms with van der Waals surface area (Å²) in [5, 5.41) is 33.7. The fourth-order valence-electron chi connectivity index (χ4n) is 3.05. The van der Waals surface area contributed by atoms with Crippen LogP contribution < -0.4 is 16.4 Å². The first-order valence-corrected chi connectivity index (χ1v) is 9.89. The number of nitrogens with one attached hydrogen (secondary N) is 2. The zero-order chi connectivity index (χ0) is 24.0. The molecule has 0 aliphatic rings. The summed E-state index contributed by atoms with van der Waals surface area (Å²) in [6.45, 7) is 0.916. The molecule has 0 aliphatic carbocycles. The number of carboxylic acid groups (broad SMARTS) is 2. The summed E-state index contributed by atoms with van der Waals surface area (Å²) in [5.74, 6) is -3.33. The summed E-state index contributed by atoms with van der Waals surface area (Å²) in [6, 6.07) is 6.97. The van der Waals surface area contributed by atoms with Gasteiger partial charge in [-0.15, -0.1) is 0 Å². The van der Waals surface area contributed by atoms with E-state index in [0.29, 0.717) is 24.1 Å². The molecular weight excluding hydrogens is 432 g/mol. The van der Waals surface area contributed by atoms with Gasteiger partial charge in [0.15, 0.2) is 5.65 Å². The summed E-state index contributed by atoms with van der Waals surface area (Å²) >= 11 is 0. The lowest BCUT2D eigenvalue weighted by molar-refractivity contribution is -0.140. The van der Waals surface area contributed by atoms with Gasteiger partial charge < -0.3 is 31.7 Å². The SMILES string of the molecule is Nc1nc(O)c2cc(CNCc3ccc(C(=O)N[C@@H](CCC(=O)O)C(=O)O)cc3)cnc2n1. The van der Waals surface area contributed by atoms with Gasteiger partial charge in [-0.2, -0.15) is 9.97 Å². The number of nitrogens with two attached hydrogens (primary N) is 1. The quantitative estimate of drug-likeness (QED) is 0.251. The minimum atomic E-state index is -1.29. The van der Waals surface area contributed by atoms with Gasteiger partial charge >= 0.3 is 11.9 Å². The van der Waals surface area contributed by atoms with E-state index in [-0.39, 0.29) is 30.2 Å². The molecule has 7 N–H and O–H groups in total. The van der Waals surface area contributed by atoms with E-state index in [4.69, 9.17) is 15.9 Å². The Morgan fingerprint density at radius 2 is 1.73 bits per heavy atom. The molecule has 1 atom stereocenters. The third-order valence-corrected chi connectivity index (χ3v) is 4.73. The molecule has 1 amide bonds. The Kier molecular flexibility index (Phi) is 7.31. The van der Waals surface area contributed by atoms with Crippen LogP contribution in [-0.2, 0) is 22.7 Å². The lowest BCUT2D eigenvalue weighted by Gasteiger charge is -2.14. The lowest BCUT2D eigenvalue weighted by atomic mass is 10.1. The second-order valence-electron chi connectivity index (χ2n) is 7.22. The molecule has 0 aliphatic heterocycles. The fraction of sp³-hybridized carbons (Fsp3) is 0.238. The van der Waals surface area contributed by atoms with E-state index in [1.807, 2.05) is 0 Å². The number of pyridine rings is 1. The molecule has 2 heterocycles. The van der Waals surface area contributed by atoms with Crippen molar-refractivity contribution in [1.82, 2.24) is 25.6 Å². The Labute approximate surface area is 187 Å². The largest absolute Gasteiger partial charge is 0.493 e.